The number of rotatable bonds is 6. The number of amides is 3. The summed E-state index contributed by atoms with van der Waals surface area (Å²) in [6.45, 7) is 4.29. The van der Waals surface area contributed by atoms with E-state index < -0.39 is 0 Å². The first-order valence-electron chi connectivity index (χ1n) is 7.85. The number of carbonyl (C=O) groups is 2. The predicted octanol–water partition coefficient (Wildman–Crippen LogP) is 3.72. The van der Waals surface area contributed by atoms with Crippen LogP contribution in [0.4, 0.5) is 10.5 Å². The Kier molecular flexibility index (Phi) is 5.37. The molecule has 0 aliphatic carbocycles. The molecule has 1 aliphatic rings. The molecule has 0 bridgehead atoms. The van der Waals surface area contributed by atoms with Crippen LogP contribution in [0.1, 0.15) is 46.0 Å². The molecule has 0 aromatic heterocycles. The Balaban J connectivity index is 2.08. The number of carbonyl (C=O) groups excluding carboxylic acids is 2. The van der Waals surface area contributed by atoms with Gasteiger partial charge in [0.05, 0.1) is 5.69 Å². The molecule has 1 N–H and O–H groups in total. The number of unbranched alkanes of at least 4 members (excludes halogenated alkanes) is 1. The van der Waals surface area contributed by atoms with Gasteiger partial charge in [-0.05, 0) is 24.5 Å². The van der Waals surface area contributed by atoms with E-state index in [0.717, 1.165) is 25.7 Å². The molecule has 2 unspecified atom stereocenters. The van der Waals surface area contributed by atoms with Crippen molar-refractivity contribution in [2.75, 3.05) is 4.90 Å². The Hall–Kier alpha value is -1.84. The Labute approximate surface area is 126 Å². The van der Waals surface area contributed by atoms with Crippen LogP contribution in [-0.2, 0) is 4.79 Å². The fourth-order valence-corrected chi connectivity index (χ4v) is 2.95. The highest BCUT2D eigenvalue weighted by atomic mass is 16.2. The number of hydrogen-bond donors (Lipinski definition) is 1. The second-order valence-corrected chi connectivity index (χ2v) is 5.64. The molecule has 0 spiro atoms. The lowest BCUT2D eigenvalue weighted by Gasteiger charge is -2.35. The van der Waals surface area contributed by atoms with Gasteiger partial charge in [0.2, 0.25) is 5.91 Å². The zero-order valence-corrected chi connectivity index (χ0v) is 12.8. The van der Waals surface area contributed by atoms with E-state index in [-0.39, 0.29) is 18.0 Å². The summed E-state index contributed by atoms with van der Waals surface area (Å²) in [6.07, 6.45) is 4.73. The Bertz CT molecular complexity index is 469. The number of urea groups is 1. The summed E-state index contributed by atoms with van der Waals surface area (Å²) >= 11 is 0. The average molecular weight is 288 g/mol. The molecule has 2 atom stereocenters. The van der Waals surface area contributed by atoms with Crippen LogP contribution in [0.25, 0.3) is 0 Å². The maximum absolute atomic E-state index is 12.4. The van der Waals surface area contributed by atoms with Crippen LogP contribution >= 0.6 is 0 Å². The second kappa shape index (κ2) is 7.25. The van der Waals surface area contributed by atoms with Crippen LogP contribution in [0.15, 0.2) is 30.3 Å². The van der Waals surface area contributed by atoms with Crippen LogP contribution in [0.5, 0.6) is 0 Å². The van der Waals surface area contributed by atoms with Crippen molar-refractivity contribution in [2.45, 2.75) is 52.0 Å². The van der Waals surface area contributed by atoms with Gasteiger partial charge in [0, 0.05) is 12.5 Å². The lowest BCUT2D eigenvalue weighted by molar-refractivity contribution is -0.119. The van der Waals surface area contributed by atoms with Gasteiger partial charge in [-0.2, -0.15) is 0 Å². The van der Waals surface area contributed by atoms with E-state index in [1.54, 1.807) is 12.1 Å². The van der Waals surface area contributed by atoms with E-state index in [1.807, 2.05) is 18.2 Å². The molecule has 1 fully saturated rings. The van der Waals surface area contributed by atoms with E-state index in [0.29, 0.717) is 18.0 Å². The van der Waals surface area contributed by atoms with Gasteiger partial charge < -0.3 is 5.32 Å². The van der Waals surface area contributed by atoms with Crippen LogP contribution in [0.3, 0.4) is 0 Å². The van der Waals surface area contributed by atoms with Gasteiger partial charge in [-0.1, -0.05) is 51.3 Å². The molecule has 1 heterocycles. The minimum absolute atomic E-state index is 0.0264. The second-order valence-electron chi connectivity index (χ2n) is 5.64. The number of imide groups is 1. The molecule has 2 rings (SSSR count). The summed E-state index contributed by atoms with van der Waals surface area (Å²) in [5, 5.41) is 3.02. The van der Waals surface area contributed by atoms with E-state index in [2.05, 4.69) is 19.2 Å². The first-order chi connectivity index (χ1) is 10.2. The molecule has 0 saturated carbocycles. The molecule has 4 nitrogen and oxygen atoms in total. The number of nitrogens with one attached hydrogen (secondary N) is 1. The van der Waals surface area contributed by atoms with Crippen molar-refractivity contribution < 1.29 is 9.59 Å². The molecule has 21 heavy (non-hydrogen) atoms. The first-order valence-corrected chi connectivity index (χ1v) is 7.85. The van der Waals surface area contributed by atoms with Gasteiger partial charge in [-0.15, -0.1) is 0 Å². The summed E-state index contributed by atoms with van der Waals surface area (Å²) in [5.74, 6) is 0.278. The average Bonchev–Trinajstić information content (AvgIpc) is 2.48. The molecule has 3 amide bonds. The molecule has 1 saturated heterocycles. The van der Waals surface area contributed by atoms with Crippen molar-refractivity contribution in [3.8, 4) is 0 Å². The third-order valence-electron chi connectivity index (χ3n) is 4.19. The number of para-hydroxylation sites is 1. The quantitative estimate of drug-likeness (QED) is 0.867. The maximum atomic E-state index is 12.4. The first kappa shape index (κ1) is 15.5. The molecular formula is C17H24N2O2. The van der Waals surface area contributed by atoms with Crippen LogP contribution in [-0.4, -0.2) is 18.0 Å². The normalized spacial score (nSPS) is 20.3. The molecular weight excluding hydrogens is 264 g/mol. The van der Waals surface area contributed by atoms with Crippen molar-refractivity contribution in [1.82, 2.24) is 5.32 Å². The summed E-state index contributed by atoms with van der Waals surface area (Å²) in [7, 11) is 0. The maximum Gasteiger partial charge on any atom is 0.328 e. The van der Waals surface area contributed by atoms with Crippen molar-refractivity contribution in [3.63, 3.8) is 0 Å². The minimum atomic E-state index is -0.294. The molecule has 0 radical (unpaired) electrons. The van der Waals surface area contributed by atoms with Crippen molar-refractivity contribution >= 4 is 17.6 Å². The third kappa shape index (κ3) is 3.63. The van der Waals surface area contributed by atoms with Gasteiger partial charge in [-0.25, -0.2) is 9.69 Å². The SMILES string of the molecule is CCCCC(CC)C1CC(=O)N(c2ccccc2)C(=O)N1. The van der Waals surface area contributed by atoms with E-state index in [1.165, 1.54) is 4.90 Å². The van der Waals surface area contributed by atoms with Crippen LogP contribution in [0.2, 0.25) is 0 Å². The summed E-state index contributed by atoms with van der Waals surface area (Å²) in [5.41, 5.74) is 0.639. The lowest BCUT2D eigenvalue weighted by atomic mass is 9.88. The molecule has 114 valence electrons. The molecule has 1 aliphatic heterocycles. The smallest absolute Gasteiger partial charge is 0.328 e. The number of nitrogens with zero attached hydrogens (tertiary/aromatic N) is 1. The Morgan fingerprint density at radius 3 is 2.52 bits per heavy atom. The van der Waals surface area contributed by atoms with E-state index >= 15 is 0 Å². The molecule has 4 heteroatoms. The van der Waals surface area contributed by atoms with Crippen LogP contribution < -0.4 is 10.2 Å². The standard InChI is InChI=1S/C17H24N2O2/c1-3-5-9-13(4-2)15-12-16(20)19(17(21)18-15)14-10-7-6-8-11-14/h6-8,10-11,13,15H,3-5,9,12H2,1-2H3,(H,18,21). The van der Waals surface area contributed by atoms with Crippen molar-refractivity contribution in [3.05, 3.63) is 30.3 Å². The fraction of sp³-hybridized carbons (Fsp3) is 0.529. The third-order valence-corrected chi connectivity index (χ3v) is 4.19. The number of anilines is 1. The van der Waals surface area contributed by atoms with Gasteiger partial charge in [0.25, 0.3) is 0 Å². The van der Waals surface area contributed by atoms with Gasteiger partial charge >= 0.3 is 6.03 Å². The summed E-state index contributed by atoms with van der Waals surface area (Å²) in [4.78, 5) is 25.9. The summed E-state index contributed by atoms with van der Waals surface area (Å²) in [6, 6.07) is 8.78. The van der Waals surface area contributed by atoms with Gasteiger partial charge in [-0.3, -0.25) is 4.79 Å². The van der Waals surface area contributed by atoms with Gasteiger partial charge in [0.1, 0.15) is 0 Å². The highest BCUT2D eigenvalue weighted by molar-refractivity contribution is 6.16. The predicted molar refractivity (Wildman–Crippen MR) is 84.2 cm³/mol. The fourth-order valence-electron chi connectivity index (χ4n) is 2.95. The van der Waals surface area contributed by atoms with Crippen molar-refractivity contribution in [2.24, 2.45) is 5.92 Å². The van der Waals surface area contributed by atoms with Crippen LogP contribution in [0, 0.1) is 5.92 Å². The number of hydrogen-bond acceptors (Lipinski definition) is 2. The Morgan fingerprint density at radius 2 is 1.95 bits per heavy atom. The number of benzene rings is 1. The monoisotopic (exact) mass is 288 g/mol. The zero-order chi connectivity index (χ0) is 15.2. The van der Waals surface area contributed by atoms with Crippen molar-refractivity contribution in [1.29, 1.82) is 0 Å². The van der Waals surface area contributed by atoms with E-state index in [4.69, 9.17) is 0 Å². The highest BCUT2D eigenvalue weighted by Gasteiger charge is 2.35. The largest absolute Gasteiger partial charge is 0.334 e. The molecule has 1 aromatic rings. The minimum Gasteiger partial charge on any atom is -0.334 e. The molecule has 1 aromatic carbocycles. The zero-order valence-electron chi connectivity index (χ0n) is 12.8. The van der Waals surface area contributed by atoms with E-state index in [9.17, 15) is 9.59 Å². The highest BCUT2D eigenvalue weighted by Crippen LogP contribution is 2.25. The summed E-state index contributed by atoms with van der Waals surface area (Å²) < 4.78 is 0. The lowest BCUT2D eigenvalue weighted by Crippen LogP contribution is -2.57. The Morgan fingerprint density at radius 1 is 1.24 bits per heavy atom. The topological polar surface area (TPSA) is 49.4 Å². The van der Waals surface area contributed by atoms with Gasteiger partial charge in [0.15, 0.2) is 0 Å².